The minimum Gasteiger partial charge on any atom is -0.288 e. The van der Waals surface area contributed by atoms with Crippen LogP contribution in [0, 0.1) is 0 Å². The van der Waals surface area contributed by atoms with Crippen LogP contribution in [0.1, 0.15) is 40.0 Å². The summed E-state index contributed by atoms with van der Waals surface area (Å²) >= 11 is 3.33. The van der Waals surface area contributed by atoms with Crippen molar-refractivity contribution in [1.29, 1.82) is 0 Å². The van der Waals surface area contributed by atoms with Crippen molar-refractivity contribution >= 4 is 17.7 Å². The molecule has 0 rings (SSSR count). The Morgan fingerprint density at radius 1 is 1.33 bits per heavy atom. The predicted octanol–water partition coefficient (Wildman–Crippen LogP) is 2.66. The van der Waals surface area contributed by atoms with Crippen molar-refractivity contribution in [2.45, 2.75) is 40.0 Å². The summed E-state index contributed by atoms with van der Waals surface area (Å²) in [5.74, 6) is 0. The molecule has 1 nitrogen and oxygen atoms in total. The van der Waals surface area contributed by atoms with Gasteiger partial charge in [0.1, 0.15) is 0 Å². The highest BCUT2D eigenvalue weighted by Crippen LogP contribution is 1.88. The van der Waals surface area contributed by atoms with Crippen LogP contribution in [0.15, 0.2) is 0 Å². The first kappa shape index (κ1) is 11.8. The second kappa shape index (κ2) is 10.9. The van der Waals surface area contributed by atoms with Crippen LogP contribution in [0.25, 0.3) is 0 Å². The van der Waals surface area contributed by atoms with E-state index in [1.807, 2.05) is 0 Å². The maximum atomic E-state index is 9.31. The molecular weight excluding hydrogens is 132 g/mol. The Kier molecular flexibility index (Phi) is 14.3. The molecule has 0 aromatic rings. The van der Waals surface area contributed by atoms with E-state index < -0.39 is 0 Å². The molecule has 0 spiro atoms. The molecule has 0 heterocycles. The van der Waals surface area contributed by atoms with Gasteiger partial charge in [0, 0.05) is 6.92 Å². The molecule has 56 valence electrons. The summed E-state index contributed by atoms with van der Waals surface area (Å²) in [5.41, 5.74) is 0. The molecule has 0 aliphatic heterocycles. The third-order valence-electron chi connectivity index (χ3n) is 0.707. The minimum absolute atomic E-state index is 0.139. The average Bonchev–Trinajstić information content (AvgIpc) is 1.66. The number of carbonyl (C=O) groups is 1. The van der Waals surface area contributed by atoms with Gasteiger partial charge in [0.05, 0.1) is 0 Å². The maximum Gasteiger partial charge on any atom is 0.182 e. The summed E-state index contributed by atoms with van der Waals surface area (Å²) < 4.78 is 0. The third-order valence-corrected chi connectivity index (χ3v) is 0.707. The molecule has 0 saturated carbocycles. The fraction of sp³-hybridized carbons (Fsp3) is 0.857. The first-order valence-corrected chi connectivity index (χ1v) is 3.79. The molecule has 9 heavy (non-hydrogen) atoms. The summed E-state index contributed by atoms with van der Waals surface area (Å²) in [6.07, 6.45) is 4.08. The van der Waals surface area contributed by atoms with Crippen LogP contribution in [0.3, 0.4) is 0 Å². The molecule has 0 atom stereocenters. The van der Waals surface area contributed by atoms with Crippen LogP contribution >= 0.6 is 12.6 Å². The Morgan fingerprint density at radius 3 is 1.56 bits per heavy atom. The maximum absolute atomic E-state index is 9.31. The first-order valence-electron chi connectivity index (χ1n) is 3.34. The SMILES string of the molecule is CC(=O)S.CCCCC. The molecule has 0 saturated heterocycles. The molecule has 0 bridgehead atoms. The second-order valence-electron chi connectivity index (χ2n) is 1.87. The van der Waals surface area contributed by atoms with E-state index in [1.165, 1.54) is 26.2 Å². The molecule has 2 heteroatoms. The van der Waals surface area contributed by atoms with E-state index in [9.17, 15) is 4.79 Å². The predicted molar refractivity (Wildman–Crippen MR) is 44.9 cm³/mol. The number of hydrogen-bond donors (Lipinski definition) is 1. The fourth-order valence-corrected chi connectivity index (χ4v) is 0.354. The normalized spacial score (nSPS) is 7.56. The van der Waals surface area contributed by atoms with Gasteiger partial charge in [0.15, 0.2) is 5.12 Å². The zero-order valence-corrected chi connectivity index (χ0v) is 7.37. The molecule has 0 radical (unpaired) electrons. The largest absolute Gasteiger partial charge is 0.288 e. The summed E-state index contributed by atoms with van der Waals surface area (Å²) in [6, 6.07) is 0. The van der Waals surface area contributed by atoms with Crippen molar-refractivity contribution in [3.8, 4) is 0 Å². The van der Waals surface area contributed by atoms with Crippen LogP contribution in [-0.2, 0) is 4.79 Å². The Labute approximate surface area is 63.3 Å². The molecule has 0 fully saturated rings. The first-order chi connectivity index (χ1) is 4.15. The van der Waals surface area contributed by atoms with E-state index in [2.05, 4.69) is 26.5 Å². The molecular formula is C7H16OS. The fourth-order valence-electron chi connectivity index (χ4n) is 0.354. The summed E-state index contributed by atoms with van der Waals surface area (Å²) in [5, 5.41) is -0.139. The van der Waals surface area contributed by atoms with Gasteiger partial charge in [0.2, 0.25) is 0 Å². The van der Waals surface area contributed by atoms with Crippen molar-refractivity contribution in [2.24, 2.45) is 0 Å². The molecule has 0 amide bonds. The van der Waals surface area contributed by atoms with E-state index in [0.717, 1.165) is 0 Å². The highest BCUT2D eigenvalue weighted by Gasteiger charge is 1.68. The lowest BCUT2D eigenvalue weighted by Crippen LogP contribution is -1.62. The van der Waals surface area contributed by atoms with E-state index in [-0.39, 0.29) is 5.12 Å². The van der Waals surface area contributed by atoms with E-state index in [0.29, 0.717) is 0 Å². The van der Waals surface area contributed by atoms with Crippen LogP contribution in [0.2, 0.25) is 0 Å². The molecule has 0 aliphatic rings. The third kappa shape index (κ3) is 71.2. The van der Waals surface area contributed by atoms with Gasteiger partial charge in [-0.25, -0.2) is 0 Å². The molecule has 0 aliphatic carbocycles. The van der Waals surface area contributed by atoms with Crippen molar-refractivity contribution < 1.29 is 4.79 Å². The highest BCUT2D eigenvalue weighted by molar-refractivity contribution is 7.96. The van der Waals surface area contributed by atoms with E-state index >= 15 is 0 Å². The summed E-state index contributed by atoms with van der Waals surface area (Å²) in [6.45, 7) is 5.82. The van der Waals surface area contributed by atoms with Crippen LogP contribution < -0.4 is 0 Å². The lowest BCUT2D eigenvalue weighted by atomic mass is 10.3. The highest BCUT2D eigenvalue weighted by atomic mass is 32.1. The van der Waals surface area contributed by atoms with Gasteiger partial charge in [-0.1, -0.05) is 33.1 Å². The van der Waals surface area contributed by atoms with Gasteiger partial charge in [-0.2, -0.15) is 0 Å². The van der Waals surface area contributed by atoms with Crippen molar-refractivity contribution in [1.82, 2.24) is 0 Å². The minimum atomic E-state index is -0.139. The summed E-state index contributed by atoms with van der Waals surface area (Å²) in [7, 11) is 0. The quantitative estimate of drug-likeness (QED) is 0.596. The zero-order chi connectivity index (χ0) is 7.70. The lowest BCUT2D eigenvalue weighted by molar-refractivity contribution is -0.108. The average molecular weight is 148 g/mol. The van der Waals surface area contributed by atoms with Gasteiger partial charge < -0.3 is 0 Å². The Morgan fingerprint density at radius 2 is 1.56 bits per heavy atom. The number of unbranched alkanes of at least 4 members (excludes halogenated alkanes) is 2. The monoisotopic (exact) mass is 148 g/mol. The Hall–Kier alpha value is 0.0200. The topological polar surface area (TPSA) is 17.1 Å². The zero-order valence-electron chi connectivity index (χ0n) is 6.48. The number of carbonyl (C=O) groups excluding carboxylic acids is 1. The number of thiol groups is 1. The number of hydrogen-bond acceptors (Lipinski definition) is 1. The van der Waals surface area contributed by atoms with E-state index in [1.54, 1.807) is 0 Å². The van der Waals surface area contributed by atoms with Crippen molar-refractivity contribution in [3.63, 3.8) is 0 Å². The van der Waals surface area contributed by atoms with E-state index in [4.69, 9.17) is 0 Å². The van der Waals surface area contributed by atoms with Gasteiger partial charge in [0.25, 0.3) is 0 Å². The van der Waals surface area contributed by atoms with Crippen molar-refractivity contribution in [2.75, 3.05) is 0 Å². The Bertz CT molecular complexity index is 55.9. The molecule has 0 unspecified atom stereocenters. The van der Waals surface area contributed by atoms with Crippen LogP contribution in [-0.4, -0.2) is 5.12 Å². The van der Waals surface area contributed by atoms with Gasteiger partial charge in [-0.15, -0.1) is 12.6 Å². The van der Waals surface area contributed by atoms with Crippen LogP contribution in [0.4, 0.5) is 0 Å². The van der Waals surface area contributed by atoms with Gasteiger partial charge in [-0.3, -0.25) is 4.79 Å². The smallest absolute Gasteiger partial charge is 0.182 e. The molecule has 0 N–H and O–H groups in total. The summed E-state index contributed by atoms with van der Waals surface area (Å²) in [4.78, 5) is 9.31. The standard InChI is InChI=1S/C5H12.C2H4OS/c1-3-5-4-2;1-2(3)4/h3-5H2,1-2H3;1H3,(H,3,4). The number of rotatable bonds is 2. The van der Waals surface area contributed by atoms with Gasteiger partial charge in [-0.05, 0) is 0 Å². The molecule has 0 aromatic carbocycles. The Balaban J connectivity index is 0. The lowest BCUT2D eigenvalue weighted by Gasteiger charge is -1.79. The second-order valence-corrected chi connectivity index (χ2v) is 2.50. The van der Waals surface area contributed by atoms with Crippen LogP contribution in [0.5, 0.6) is 0 Å². The van der Waals surface area contributed by atoms with Crippen molar-refractivity contribution in [3.05, 3.63) is 0 Å². The van der Waals surface area contributed by atoms with Gasteiger partial charge >= 0.3 is 0 Å². The molecule has 0 aromatic heterocycles.